The molecule has 20 heavy (non-hydrogen) atoms. The largest absolute Gasteiger partial charge is 0.373 e. The summed E-state index contributed by atoms with van der Waals surface area (Å²) in [6.45, 7) is 0. The molecule has 2 aromatic rings. The van der Waals surface area contributed by atoms with Gasteiger partial charge in [-0.05, 0) is 12.1 Å². The van der Waals surface area contributed by atoms with Crippen LogP contribution in [-0.2, 0) is 0 Å². The average molecular weight is 313 g/mol. The highest BCUT2D eigenvalue weighted by molar-refractivity contribution is 6.39. The number of nitrogens with zero attached hydrogens (tertiary/aromatic N) is 2. The van der Waals surface area contributed by atoms with Gasteiger partial charge in [-0.25, -0.2) is 4.98 Å². The standard InChI is InChI=1S/C12H10Cl2N4O2/c1-15-10-5-7(18(19)20)6-11(16-10)17-12-8(13)3-2-4-9(12)14/h2-6H,1H3,(H2,15,16,17). The Morgan fingerprint density at radius 1 is 1.20 bits per heavy atom. The molecule has 0 spiro atoms. The molecule has 8 heteroatoms. The van der Waals surface area contributed by atoms with Gasteiger partial charge < -0.3 is 10.6 Å². The minimum Gasteiger partial charge on any atom is -0.373 e. The van der Waals surface area contributed by atoms with Crippen LogP contribution in [0.1, 0.15) is 0 Å². The summed E-state index contributed by atoms with van der Waals surface area (Å²) in [5.74, 6) is 0.642. The van der Waals surface area contributed by atoms with E-state index < -0.39 is 4.92 Å². The smallest absolute Gasteiger partial charge is 0.276 e. The van der Waals surface area contributed by atoms with E-state index in [0.29, 0.717) is 21.6 Å². The highest BCUT2D eigenvalue weighted by Gasteiger charge is 2.13. The molecule has 0 saturated heterocycles. The van der Waals surface area contributed by atoms with Crippen molar-refractivity contribution in [1.29, 1.82) is 0 Å². The first-order valence-corrected chi connectivity index (χ1v) is 6.32. The van der Waals surface area contributed by atoms with Gasteiger partial charge in [0, 0.05) is 7.05 Å². The van der Waals surface area contributed by atoms with E-state index in [0.717, 1.165) is 0 Å². The van der Waals surface area contributed by atoms with E-state index in [9.17, 15) is 10.1 Å². The average Bonchev–Trinajstić information content (AvgIpc) is 2.42. The number of rotatable bonds is 4. The van der Waals surface area contributed by atoms with Crippen molar-refractivity contribution in [2.24, 2.45) is 0 Å². The second kappa shape index (κ2) is 5.94. The number of anilines is 3. The third kappa shape index (κ3) is 3.09. The number of nitro groups is 1. The summed E-state index contributed by atoms with van der Waals surface area (Å²) in [4.78, 5) is 14.5. The zero-order valence-corrected chi connectivity index (χ0v) is 11.9. The van der Waals surface area contributed by atoms with Gasteiger partial charge in [0.25, 0.3) is 5.69 Å². The predicted octanol–water partition coefficient (Wildman–Crippen LogP) is 4.08. The van der Waals surface area contributed by atoms with Gasteiger partial charge in [0.1, 0.15) is 11.6 Å². The maximum atomic E-state index is 10.9. The van der Waals surface area contributed by atoms with Gasteiger partial charge in [0.15, 0.2) is 0 Å². The number of para-hydroxylation sites is 1. The SMILES string of the molecule is CNc1cc([N+](=O)[O-])cc(Nc2c(Cl)cccc2Cl)n1. The van der Waals surface area contributed by atoms with Crippen molar-refractivity contribution >= 4 is 46.2 Å². The maximum Gasteiger partial charge on any atom is 0.276 e. The summed E-state index contributed by atoms with van der Waals surface area (Å²) in [5.41, 5.74) is 0.362. The number of hydrogen-bond acceptors (Lipinski definition) is 5. The molecule has 6 nitrogen and oxygen atoms in total. The molecule has 0 amide bonds. The second-order valence-corrected chi connectivity index (χ2v) is 4.64. The van der Waals surface area contributed by atoms with E-state index in [1.54, 1.807) is 25.2 Å². The fourth-order valence-electron chi connectivity index (χ4n) is 1.56. The van der Waals surface area contributed by atoms with Crippen molar-refractivity contribution in [3.63, 3.8) is 0 Å². The summed E-state index contributed by atoms with van der Waals surface area (Å²) >= 11 is 12.1. The van der Waals surface area contributed by atoms with Crippen molar-refractivity contribution in [3.05, 3.63) is 50.5 Å². The summed E-state index contributed by atoms with van der Waals surface area (Å²) in [6.07, 6.45) is 0. The lowest BCUT2D eigenvalue weighted by Crippen LogP contribution is -2.01. The minimum atomic E-state index is -0.498. The molecule has 0 aliphatic rings. The van der Waals surface area contributed by atoms with Crippen molar-refractivity contribution in [1.82, 2.24) is 4.98 Å². The van der Waals surface area contributed by atoms with Gasteiger partial charge in [-0.1, -0.05) is 29.3 Å². The molecule has 0 aliphatic heterocycles. The third-order valence-electron chi connectivity index (χ3n) is 2.49. The van der Waals surface area contributed by atoms with E-state index in [2.05, 4.69) is 15.6 Å². The molecule has 1 aromatic heterocycles. The van der Waals surface area contributed by atoms with Gasteiger partial charge in [-0.15, -0.1) is 0 Å². The summed E-state index contributed by atoms with van der Waals surface area (Å²) < 4.78 is 0. The molecular formula is C12H10Cl2N4O2. The van der Waals surface area contributed by atoms with Crippen molar-refractivity contribution in [2.75, 3.05) is 17.7 Å². The lowest BCUT2D eigenvalue weighted by atomic mass is 10.3. The predicted molar refractivity (Wildman–Crippen MR) is 80.2 cm³/mol. The highest BCUT2D eigenvalue weighted by Crippen LogP contribution is 2.33. The van der Waals surface area contributed by atoms with Crippen LogP contribution in [0, 0.1) is 10.1 Å². The van der Waals surface area contributed by atoms with Crippen molar-refractivity contribution < 1.29 is 4.92 Å². The fraction of sp³-hybridized carbons (Fsp3) is 0.0833. The van der Waals surface area contributed by atoms with Crippen LogP contribution in [0.2, 0.25) is 10.0 Å². The Hall–Kier alpha value is -2.05. The van der Waals surface area contributed by atoms with Gasteiger partial charge in [-0.2, -0.15) is 0 Å². The molecule has 0 radical (unpaired) electrons. The molecule has 1 heterocycles. The first-order valence-electron chi connectivity index (χ1n) is 5.56. The van der Waals surface area contributed by atoms with Crippen LogP contribution in [0.4, 0.5) is 23.0 Å². The number of halogens is 2. The summed E-state index contributed by atoms with van der Waals surface area (Å²) in [6, 6.07) is 7.66. The van der Waals surface area contributed by atoms with Crippen LogP contribution in [0.25, 0.3) is 0 Å². The first-order chi connectivity index (χ1) is 9.51. The van der Waals surface area contributed by atoms with Gasteiger partial charge in [0.05, 0.1) is 32.8 Å². The molecule has 2 rings (SSSR count). The van der Waals surface area contributed by atoms with Crippen LogP contribution in [0.15, 0.2) is 30.3 Å². The van der Waals surface area contributed by atoms with Crippen LogP contribution >= 0.6 is 23.2 Å². The normalized spacial score (nSPS) is 10.2. The highest BCUT2D eigenvalue weighted by atomic mass is 35.5. The third-order valence-corrected chi connectivity index (χ3v) is 3.12. The van der Waals surface area contributed by atoms with Gasteiger partial charge in [-0.3, -0.25) is 10.1 Å². The Morgan fingerprint density at radius 2 is 1.80 bits per heavy atom. The first kappa shape index (κ1) is 14.4. The van der Waals surface area contributed by atoms with E-state index in [4.69, 9.17) is 23.2 Å². The zero-order chi connectivity index (χ0) is 14.7. The molecule has 104 valence electrons. The molecule has 0 atom stereocenters. The molecular weight excluding hydrogens is 303 g/mol. The van der Waals surface area contributed by atoms with Crippen LogP contribution in [-0.4, -0.2) is 17.0 Å². The Bertz CT molecular complexity index is 644. The molecule has 0 unspecified atom stereocenters. The number of aromatic nitrogens is 1. The molecule has 1 aromatic carbocycles. The Kier molecular flexibility index (Phi) is 4.26. The van der Waals surface area contributed by atoms with Crippen molar-refractivity contribution in [3.8, 4) is 0 Å². The van der Waals surface area contributed by atoms with E-state index >= 15 is 0 Å². The number of pyridine rings is 1. The lowest BCUT2D eigenvalue weighted by Gasteiger charge is -2.10. The number of nitrogens with one attached hydrogen (secondary N) is 2. The molecule has 2 N–H and O–H groups in total. The molecule has 0 saturated carbocycles. The Labute approximate surface area is 124 Å². The van der Waals surface area contributed by atoms with Gasteiger partial charge >= 0.3 is 0 Å². The van der Waals surface area contributed by atoms with Crippen molar-refractivity contribution in [2.45, 2.75) is 0 Å². The second-order valence-electron chi connectivity index (χ2n) is 3.82. The Balaban J connectivity index is 2.43. The van der Waals surface area contributed by atoms with E-state index in [1.165, 1.54) is 12.1 Å². The molecule has 0 fully saturated rings. The lowest BCUT2D eigenvalue weighted by molar-refractivity contribution is -0.384. The fourth-order valence-corrected chi connectivity index (χ4v) is 2.05. The van der Waals surface area contributed by atoms with Crippen LogP contribution in [0.5, 0.6) is 0 Å². The quantitative estimate of drug-likeness (QED) is 0.656. The van der Waals surface area contributed by atoms with E-state index in [-0.39, 0.29) is 11.5 Å². The van der Waals surface area contributed by atoms with Gasteiger partial charge in [0.2, 0.25) is 0 Å². The summed E-state index contributed by atoms with van der Waals surface area (Å²) in [7, 11) is 1.62. The summed E-state index contributed by atoms with van der Waals surface area (Å²) in [5, 5.41) is 17.3. The number of hydrogen-bond donors (Lipinski definition) is 2. The van der Waals surface area contributed by atoms with Crippen LogP contribution in [0.3, 0.4) is 0 Å². The zero-order valence-electron chi connectivity index (χ0n) is 10.4. The monoisotopic (exact) mass is 312 g/mol. The maximum absolute atomic E-state index is 10.9. The molecule has 0 bridgehead atoms. The van der Waals surface area contributed by atoms with E-state index in [1.807, 2.05) is 0 Å². The molecule has 0 aliphatic carbocycles. The Morgan fingerprint density at radius 3 is 2.35 bits per heavy atom. The van der Waals surface area contributed by atoms with Crippen LogP contribution < -0.4 is 10.6 Å². The minimum absolute atomic E-state index is 0.0879. The topological polar surface area (TPSA) is 80.1 Å². The number of benzene rings is 1.